The lowest BCUT2D eigenvalue weighted by atomic mass is 10.1. The Hall–Kier alpha value is -1.59. The van der Waals surface area contributed by atoms with Gasteiger partial charge in [0.05, 0.1) is 0 Å². The van der Waals surface area contributed by atoms with Crippen molar-refractivity contribution in [2.24, 2.45) is 0 Å². The van der Waals surface area contributed by atoms with Crippen LogP contribution in [0.1, 0.15) is 24.8 Å². The average Bonchev–Trinajstić information content (AvgIpc) is 2.25. The zero-order valence-corrected chi connectivity index (χ0v) is 8.15. The van der Waals surface area contributed by atoms with Crippen LogP contribution in [0.4, 0.5) is 0 Å². The van der Waals surface area contributed by atoms with Crippen molar-refractivity contribution in [2.75, 3.05) is 0 Å². The van der Waals surface area contributed by atoms with E-state index < -0.39 is 0 Å². The Labute approximate surface area is 84.8 Å². The van der Waals surface area contributed by atoms with Crippen molar-refractivity contribution in [3.05, 3.63) is 48.0 Å². The van der Waals surface area contributed by atoms with E-state index in [0.717, 1.165) is 19.3 Å². The molecular formula is C13H14O. The van der Waals surface area contributed by atoms with Gasteiger partial charge in [0.2, 0.25) is 0 Å². The number of allylic oxidation sites excluding steroid dienone is 2. The molecule has 0 bridgehead atoms. The van der Waals surface area contributed by atoms with Gasteiger partial charge < -0.3 is 0 Å². The second-order valence-electron chi connectivity index (χ2n) is 3.07. The number of carbonyl (C=O) groups excluding carboxylic acids is 1. The third kappa shape index (κ3) is 4.44. The highest BCUT2D eigenvalue weighted by molar-refractivity contribution is 5.48. The van der Waals surface area contributed by atoms with E-state index in [1.807, 2.05) is 18.2 Å². The smallest absolute Gasteiger partial charge is 0.120 e. The summed E-state index contributed by atoms with van der Waals surface area (Å²) in [6, 6.07) is 10.2. The monoisotopic (exact) mass is 186 g/mol. The van der Waals surface area contributed by atoms with Crippen molar-refractivity contribution >= 4 is 12.0 Å². The van der Waals surface area contributed by atoms with Crippen molar-refractivity contribution in [3.63, 3.8) is 0 Å². The van der Waals surface area contributed by atoms with E-state index in [4.69, 9.17) is 0 Å². The molecular weight excluding hydrogens is 172 g/mol. The molecule has 0 saturated carbocycles. The highest BCUT2D eigenvalue weighted by Gasteiger charge is 1.83. The first kappa shape index (κ1) is 10.5. The lowest BCUT2D eigenvalue weighted by molar-refractivity contribution is 0.568. The van der Waals surface area contributed by atoms with Gasteiger partial charge in [-0.1, -0.05) is 42.5 Å². The predicted octanol–water partition coefficient (Wildman–Crippen LogP) is 3.26. The van der Waals surface area contributed by atoms with Crippen LogP contribution < -0.4 is 0 Å². The van der Waals surface area contributed by atoms with Crippen LogP contribution in [0.15, 0.2) is 42.5 Å². The summed E-state index contributed by atoms with van der Waals surface area (Å²) in [6.45, 7) is 0. The van der Waals surface area contributed by atoms with E-state index in [1.54, 1.807) is 5.94 Å². The van der Waals surface area contributed by atoms with Crippen LogP contribution in [-0.4, -0.2) is 5.94 Å². The second-order valence-corrected chi connectivity index (χ2v) is 3.07. The highest BCUT2D eigenvalue weighted by Crippen LogP contribution is 2.03. The van der Waals surface area contributed by atoms with E-state index in [-0.39, 0.29) is 0 Å². The fourth-order valence-corrected chi connectivity index (χ4v) is 1.18. The van der Waals surface area contributed by atoms with Crippen LogP contribution in [0, 0.1) is 0 Å². The molecule has 72 valence electrons. The topological polar surface area (TPSA) is 17.1 Å². The molecule has 0 atom stereocenters. The zero-order valence-electron chi connectivity index (χ0n) is 8.15. The summed E-state index contributed by atoms with van der Waals surface area (Å²) in [6.07, 6.45) is 8.61. The Morgan fingerprint density at radius 1 is 1.14 bits per heavy atom. The molecule has 1 aromatic rings. The minimum Gasteiger partial charge on any atom is -0.234 e. The summed E-state index contributed by atoms with van der Waals surface area (Å²) in [5, 5.41) is 0. The van der Waals surface area contributed by atoms with Gasteiger partial charge in [0.25, 0.3) is 0 Å². The largest absolute Gasteiger partial charge is 0.234 e. The van der Waals surface area contributed by atoms with E-state index >= 15 is 0 Å². The third-order valence-corrected chi connectivity index (χ3v) is 1.91. The standard InChI is InChI=1S/C13H14O/c14-12-8-3-1-2-5-9-13-10-6-4-7-11-13/h4-11H,1-3H2/b9-5+. The van der Waals surface area contributed by atoms with Crippen LogP contribution in [0.5, 0.6) is 0 Å². The van der Waals surface area contributed by atoms with Crippen molar-refractivity contribution < 1.29 is 4.79 Å². The number of hydrogen-bond donors (Lipinski definition) is 0. The minimum atomic E-state index is 0.822. The van der Waals surface area contributed by atoms with Gasteiger partial charge in [-0.25, -0.2) is 4.79 Å². The molecule has 0 unspecified atom stereocenters. The number of benzene rings is 1. The molecule has 0 saturated heterocycles. The second kappa shape index (κ2) is 6.88. The fourth-order valence-electron chi connectivity index (χ4n) is 1.18. The summed E-state index contributed by atoms with van der Waals surface area (Å²) in [7, 11) is 0. The highest BCUT2D eigenvalue weighted by atomic mass is 16.1. The quantitative estimate of drug-likeness (QED) is 0.509. The Morgan fingerprint density at radius 3 is 2.64 bits per heavy atom. The Balaban J connectivity index is 2.24. The first-order chi connectivity index (χ1) is 6.93. The van der Waals surface area contributed by atoms with Gasteiger partial charge in [0, 0.05) is 0 Å². The van der Waals surface area contributed by atoms with Crippen LogP contribution >= 0.6 is 0 Å². The van der Waals surface area contributed by atoms with Gasteiger partial charge >= 0.3 is 0 Å². The molecule has 14 heavy (non-hydrogen) atoms. The molecule has 0 aliphatic heterocycles. The van der Waals surface area contributed by atoms with Gasteiger partial charge in [-0.05, 0) is 30.9 Å². The molecule has 0 aliphatic rings. The first-order valence-corrected chi connectivity index (χ1v) is 4.84. The van der Waals surface area contributed by atoms with Gasteiger partial charge in [-0.2, -0.15) is 0 Å². The Morgan fingerprint density at radius 2 is 1.93 bits per heavy atom. The molecule has 1 rings (SSSR count). The van der Waals surface area contributed by atoms with Crippen LogP contribution in [-0.2, 0) is 4.79 Å². The summed E-state index contributed by atoms with van der Waals surface area (Å²) in [5.41, 5.74) is 1.22. The Kier molecular flexibility index (Phi) is 5.15. The van der Waals surface area contributed by atoms with Crippen molar-refractivity contribution in [2.45, 2.75) is 19.3 Å². The summed E-state index contributed by atoms with van der Waals surface area (Å²) in [4.78, 5) is 9.86. The van der Waals surface area contributed by atoms with E-state index in [2.05, 4.69) is 24.3 Å². The van der Waals surface area contributed by atoms with Gasteiger partial charge in [-0.3, -0.25) is 0 Å². The SMILES string of the molecule is O=C=CCCC/C=C/c1ccccc1. The van der Waals surface area contributed by atoms with E-state index in [9.17, 15) is 4.79 Å². The molecule has 0 heterocycles. The van der Waals surface area contributed by atoms with Gasteiger partial charge in [-0.15, -0.1) is 0 Å². The normalized spacial score (nSPS) is 10.0. The Bertz CT molecular complexity index is 318. The van der Waals surface area contributed by atoms with Crippen LogP contribution in [0.25, 0.3) is 6.08 Å². The molecule has 0 radical (unpaired) electrons. The number of unbranched alkanes of at least 4 members (excludes halogenated alkanes) is 2. The van der Waals surface area contributed by atoms with Crippen LogP contribution in [0.2, 0.25) is 0 Å². The zero-order chi connectivity index (χ0) is 10.1. The number of hydrogen-bond acceptors (Lipinski definition) is 1. The van der Waals surface area contributed by atoms with E-state index in [0.29, 0.717) is 0 Å². The predicted molar refractivity (Wildman–Crippen MR) is 59.6 cm³/mol. The van der Waals surface area contributed by atoms with Crippen molar-refractivity contribution in [1.82, 2.24) is 0 Å². The average molecular weight is 186 g/mol. The maximum Gasteiger partial charge on any atom is 0.120 e. The molecule has 0 aromatic heterocycles. The van der Waals surface area contributed by atoms with E-state index in [1.165, 1.54) is 11.6 Å². The van der Waals surface area contributed by atoms with Gasteiger partial charge in [0.15, 0.2) is 0 Å². The summed E-state index contributed by atoms with van der Waals surface area (Å²) in [5.74, 6) is 1.78. The summed E-state index contributed by atoms with van der Waals surface area (Å²) >= 11 is 0. The van der Waals surface area contributed by atoms with Crippen molar-refractivity contribution in [1.29, 1.82) is 0 Å². The van der Waals surface area contributed by atoms with Gasteiger partial charge in [0.1, 0.15) is 5.94 Å². The molecule has 0 N–H and O–H groups in total. The molecule has 0 spiro atoms. The lowest BCUT2D eigenvalue weighted by Crippen LogP contribution is -1.71. The minimum absolute atomic E-state index is 0.822. The van der Waals surface area contributed by atoms with Crippen LogP contribution in [0.3, 0.4) is 0 Å². The molecule has 0 fully saturated rings. The summed E-state index contributed by atoms with van der Waals surface area (Å²) < 4.78 is 0. The molecule has 1 nitrogen and oxygen atoms in total. The third-order valence-electron chi connectivity index (χ3n) is 1.91. The molecule has 0 amide bonds. The lowest BCUT2D eigenvalue weighted by Gasteiger charge is -1.91. The molecule has 1 heteroatoms. The number of rotatable bonds is 5. The molecule has 0 aliphatic carbocycles. The first-order valence-electron chi connectivity index (χ1n) is 4.84. The van der Waals surface area contributed by atoms with Crippen molar-refractivity contribution in [3.8, 4) is 0 Å². The molecule has 1 aromatic carbocycles. The maximum absolute atomic E-state index is 9.86. The fraction of sp³-hybridized carbons (Fsp3) is 0.231. The maximum atomic E-state index is 9.86.